The molecule has 0 bridgehead atoms. The van der Waals surface area contributed by atoms with Crippen LogP contribution in [0.4, 0.5) is 0 Å². The molecule has 1 aromatic carbocycles. The van der Waals surface area contributed by atoms with Gasteiger partial charge >= 0.3 is 0 Å². The van der Waals surface area contributed by atoms with Crippen LogP contribution in [-0.2, 0) is 12.0 Å². The molecule has 0 saturated carbocycles. The van der Waals surface area contributed by atoms with Crippen LogP contribution >= 0.6 is 11.6 Å². The quantitative estimate of drug-likeness (QED) is 0.862. The molecule has 4 nitrogen and oxygen atoms in total. The molecule has 0 saturated heterocycles. The van der Waals surface area contributed by atoms with Crippen LogP contribution in [0.2, 0.25) is 5.28 Å². The van der Waals surface area contributed by atoms with Crippen LogP contribution in [0.1, 0.15) is 26.6 Å². The fourth-order valence-corrected chi connectivity index (χ4v) is 2.01. The Bertz CT molecular complexity index is 531. The molecule has 0 aliphatic carbocycles. The average molecular weight is 280 g/mol. The van der Waals surface area contributed by atoms with Crippen LogP contribution in [0, 0.1) is 0 Å². The van der Waals surface area contributed by atoms with Crippen molar-refractivity contribution in [2.45, 2.75) is 32.7 Å². The van der Waals surface area contributed by atoms with Crippen molar-refractivity contribution in [2.75, 3.05) is 6.61 Å². The average Bonchev–Trinajstić information content (AvgIpc) is 2.72. The van der Waals surface area contributed by atoms with Crippen molar-refractivity contribution in [3.05, 3.63) is 41.4 Å². The summed E-state index contributed by atoms with van der Waals surface area (Å²) in [6.45, 7) is 7.42. The number of nitrogens with zero attached hydrogens (tertiary/aromatic N) is 3. The van der Waals surface area contributed by atoms with Crippen molar-refractivity contribution < 1.29 is 4.74 Å². The van der Waals surface area contributed by atoms with Gasteiger partial charge in [0.2, 0.25) is 5.28 Å². The summed E-state index contributed by atoms with van der Waals surface area (Å²) in [6, 6.07) is 9.71. The smallest absolute Gasteiger partial charge is 0.225 e. The number of hydrogen-bond donors (Lipinski definition) is 0. The van der Waals surface area contributed by atoms with Gasteiger partial charge in [0.05, 0.1) is 6.54 Å². The number of para-hydroxylation sites is 1. The molecule has 5 heteroatoms. The summed E-state index contributed by atoms with van der Waals surface area (Å²) >= 11 is 6.07. The van der Waals surface area contributed by atoms with Crippen molar-refractivity contribution in [3.8, 4) is 5.75 Å². The van der Waals surface area contributed by atoms with Crippen LogP contribution in [0.25, 0.3) is 0 Å². The Hall–Kier alpha value is -1.55. The van der Waals surface area contributed by atoms with Crippen LogP contribution in [0.5, 0.6) is 5.75 Å². The van der Waals surface area contributed by atoms with Gasteiger partial charge in [-0.05, 0) is 23.7 Å². The minimum absolute atomic E-state index is 0.0904. The van der Waals surface area contributed by atoms with Crippen LogP contribution in [-0.4, -0.2) is 21.4 Å². The van der Waals surface area contributed by atoms with Gasteiger partial charge in [0.1, 0.15) is 18.2 Å². The zero-order valence-electron chi connectivity index (χ0n) is 11.4. The van der Waals surface area contributed by atoms with Gasteiger partial charge < -0.3 is 4.74 Å². The summed E-state index contributed by atoms with van der Waals surface area (Å²) in [4.78, 5) is 0. The third-order valence-corrected chi connectivity index (χ3v) is 2.98. The molecule has 0 unspecified atom stereocenters. The zero-order chi connectivity index (χ0) is 13.9. The van der Waals surface area contributed by atoms with Gasteiger partial charge in [-0.1, -0.05) is 39.0 Å². The molecule has 0 fully saturated rings. The standard InChI is InChI=1S/C14H18ClN3O/c1-14(2,3)12-16-17-13(15)18(12)9-10-19-11-7-5-4-6-8-11/h4-8H,9-10H2,1-3H3. The Morgan fingerprint density at radius 1 is 1.16 bits per heavy atom. The van der Waals surface area contributed by atoms with Gasteiger partial charge in [-0.3, -0.25) is 4.57 Å². The highest BCUT2D eigenvalue weighted by molar-refractivity contribution is 6.28. The summed E-state index contributed by atoms with van der Waals surface area (Å²) in [5.41, 5.74) is -0.0904. The molecule has 2 rings (SSSR count). The maximum Gasteiger partial charge on any atom is 0.225 e. The number of aromatic nitrogens is 3. The first-order valence-electron chi connectivity index (χ1n) is 6.25. The lowest BCUT2D eigenvalue weighted by Crippen LogP contribution is -2.21. The molecule has 0 radical (unpaired) electrons. The molecular formula is C14H18ClN3O. The Kier molecular flexibility index (Phi) is 4.10. The summed E-state index contributed by atoms with van der Waals surface area (Å²) in [7, 11) is 0. The largest absolute Gasteiger partial charge is 0.492 e. The maximum absolute atomic E-state index is 6.07. The highest BCUT2D eigenvalue weighted by Crippen LogP contribution is 2.22. The third-order valence-electron chi connectivity index (χ3n) is 2.70. The topological polar surface area (TPSA) is 39.9 Å². The van der Waals surface area contributed by atoms with Gasteiger partial charge in [-0.2, -0.15) is 0 Å². The van der Waals surface area contributed by atoms with Crippen LogP contribution in [0.3, 0.4) is 0 Å². The molecule has 19 heavy (non-hydrogen) atoms. The molecule has 0 aliphatic heterocycles. The Labute approximate surface area is 118 Å². The molecule has 2 aromatic rings. The fourth-order valence-electron chi connectivity index (χ4n) is 1.81. The summed E-state index contributed by atoms with van der Waals surface area (Å²) in [6.07, 6.45) is 0. The van der Waals surface area contributed by atoms with Gasteiger partial charge in [-0.25, -0.2) is 0 Å². The van der Waals surface area contributed by atoms with E-state index in [0.29, 0.717) is 18.4 Å². The van der Waals surface area contributed by atoms with E-state index in [2.05, 4.69) is 31.0 Å². The second-order valence-electron chi connectivity index (χ2n) is 5.36. The second kappa shape index (κ2) is 5.61. The lowest BCUT2D eigenvalue weighted by Gasteiger charge is -2.19. The van der Waals surface area contributed by atoms with Crippen LogP contribution < -0.4 is 4.74 Å². The second-order valence-corrected chi connectivity index (χ2v) is 5.69. The summed E-state index contributed by atoms with van der Waals surface area (Å²) in [5, 5.41) is 8.47. The van der Waals surface area contributed by atoms with E-state index in [4.69, 9.17) is 16.3 Å². The molecule has 0 amide bonds. The van der Waals surface area contributed by atoms with Crippen molar-refractivity contribution >= 4 is 11.6 Å². The predicted molar refractivity (Wildman–Crippen MR) is 75.7 cm³/mol. The normalized spacial score (nSPS) is 11.6. The van der Waals surface area contributed by atoms with Crippen molar-refractivity contribution in [2.24, 2.45) is 0 Å². The van der Waals surface area contributed by atoms with Gasteiger partial charge in [-0.15, -0.1) is 10.2 Å². The maximum atomic E-state index is 6.07. The fraction of sp³-hybridized carbons (Fsp3) is 0.429. The number of benzene rings is 1. The van der Waals surface area contributed by atoms with E-state index in [1.54, 1.807) is 0 Å². The first kappa shape index (κ1) is 13.9. The minimum atomic E-state index is -0.0904. The third kappa shape index (κ3) is 3.47. The van der Waals surface area contributed by atoms with Crippen molar-refractivity contribution in [1.29, 1.82) is 0 Å². The van der Waals surface area contributed by atoms with E-state index in [0.717, 1.165) is 11.6 Å². The number of hydrogen-bond acceptors (Lipinski definition) is 3. The number of ether oxygens (including phenoxy) is 1. The minimum Gasteiger partial charge on any atom is -0.492 e. The van der Waals surface area contributed by atoms with Crippen LogP contribution in [0.15, 0.2) is 30.3 Å². The van der Waals surface area contributed by atoms with E-state index in [9.17, 15) is 0 Å². The van der Waals surface area contributed by atoms with Gasteiger partial charge in [0.15, 0.2) is 0 Å². The summed E-state index contributed by atoms with van der Waals surface area (Å²) in [5.74, 6) is 1.72. The van der Waals surface area contributed by atoms with E-state index >= 15 is 0 Å². The monoisotopic (exact) mass is 279 g/mol. The Morgan fingerprint density at radius 2 is 1.84 bits per heavy atom. The molecular weight excluding hydrogens is 262 g/mol. The zero-order valence-corrected chi connectivity index (χ0v) is 12.2. The molecule has 1 heterocycles. The van der Waals surface area contributed by atoms with E-state index < -0.39 is 0 Å². The molecule has 0 spiro atoms. The number of halogens is 1. The molecule has 0 atom stereocenters. The van der Waals surface area contributed by atoms with Gasteiger partial charge in [0, 0.05) is 5.41 Å². The number of rotatable bonds is 4. The van der Waals surface area contributed by atoms with Crippen molar-refractivity contribution in [1.82, 2.24) is 14.8 Å². The van der Waals surface area contributed by atoms with E-state index in [-0.39, 0.29) is 5.41 Å². The lowest BCUT2D eigenvalue weighted by molar-refractivity contribution is 0.293. The first-order chi connectivity index (χ1) is 8.98. The van der Waals surface area contributed by atoms with Crippen molar-refractivity contribution in [3.63, 3.8) is 0 Å². The lowest BCUT2D eigenvalue weighted by atomic mass is 9.96. The van der Waals surface area contributed by atoms with Gasteiger partial charge in [0.25, 0.3) is 0 Å². The Morgan fingerprint density at radius 3 is 2.47 bits per heavy atom. The molecule has 102 valence electrons. The highest BCUT2D eigenvalue weighted by Gasteiger charge is 2.23. The first-order valence-corrected chi connectivity index (χ1v) is 6.63. The SMILES string of the molecule is CC(C)(C)c1nnc(Cl)n1CCOc1ccccc1. The Balaban J connectivity index is 2.02. The summed E-state index contributed by atoms with van der Waals surface area (Å²) < 4.78 is 7.56. The molecule has 0 N–H and O–H groups in total. The van der Waals surface area contributed by atoms with E-state index in [1.807, 2.05) is 34.9 Å². The highest BCUT2D eigenvalue weighted by atomic mass is 35.5. The predicted octanol–water partition coefficient (Wildman–Crippen LogP) is 3.31. The van der Waals surface area contributed by atoms with E-state index in [1.165, 1.54) is 0 Å². The molecule has 1 aromatic heterocycles. The molecule has 0 aliphatic rings.